The number of ether oxygens (including phenoxy) is 1. The van der Waals surface area contributed by atoms with Crippen molar-refractivity contribution in [3.05, 3.63) is 29.7 Å². The lowest BCUT2D eigenvalue weighted by atomic mass is 9.78. The van der Waals surface area contributed by atoms with E-state index in [-0.39, 0.29) is 23.3 Å². The summed E-state index contributed by atoms with van der Waals surface area (Å²) in [6, 6.07) is 5.76. The molecule has 1 aliphatic carbocycles. The first-order valence-electron chi connectivity index (χ1n) is 11.5. The van der Waals surface area contributed by atoms with Crippen molar-refractivity contribution in [1.29, 1.82) is 0 Å². The van der Waals surface area contributed by atoms with Crippen LogP contribution in [-0.2, 0) is 9.59 Å². The zero-order chi connectivity index (χ0) is 22.3. The number of nitrogens with zero attached hydrogens (tertiary/aromatic N) is 2. The van der Waals surface area contributed by atoms with E-state index in [2.05, 4.69) is 20.7 Å². The third-order valence-electron chi connectivity index (χ3n) is 6.88. The first kappa shape index (κ1) is 21.0. The molecule has 3 fully saturated rings. The monoisotopic (exact) mass is 438 g/mol. The summed E-state index contributed by atoms with van der Waals surface area (Å²) in [6.45, 7) is 7.11. The third-order valence-corrected chi connectivity index (χ3v) is 6.88. The number of carbonyl (C=O) groups is 2. The first-order valence-corrected chi connectivity index (χ1v) is 11.5. The van der Waals surface area contributed by atoms with Crippen molar-refractivity contribution < 1.29 is 18.8 Å². The quantitative estimate of drug-likeness (QED) is 0.645. The van der Waals surface area contributed by atoms with E-state index in [0.717, 1.165) is 79.3 Å². The van der Waals surface area contributed by atoms with Crippen molar-refractivity contribution in [3.8, 4) is 16.9 Å². The predicted octanol–water partition coefficient (Wildman–Crippen LogP) is 3.04. The second kappa shape index (κ2) is 8.24. The molecule has 3 aliphatic rings. The molecule has 2 amide bonds. The summed E-state index contributed by atoms with van der Waals surface area (Å²) >= 11 is 0. The van der Waals surface area contributed by atoms with E-state index >= 15 is 0 Å². The van der Waals surface area contributed by atoms with E-state index in [1.165, 1.54) is 0 Å². The third kappa shape index (κ3) is 4.24. The lowest BCUT2D eigenvalue weighted by Crippen LogP contribution is -2.65. The van der Waals surface area contributed by atoms with Crippen molar-refractivity contribution in [3.63, 3.8) is 0 Å². The van der Waals surface area contributed by atoms with Crippen molar-refractivity contribution in [2.45, 2.75) is 51.5 Å². The van der Waals surface area contributed by atoms with Gasteiger partial charge in [-0.25, -0.2) is 0 Å². The minimum absolute atomic E-state index is 0.0473. The number of benzene rings is 1. The zero-order valence-electron chi connectivity index (χ0n) is 18.7. The Bertz CT molecular complexity index is 1010. The van der Waals surface area contributed by atoms with Gasteiger partial charge in [0.2, 0.25) is 11.8 Å². The Balaban J connectivity index is 1.25. The fourth-order valence-corrected chi connectivity index (χ4v) is 4.76. The van der Waals surface area contributed by atoms with Crippen LogP contribution in [0.25, 0.3) is 11.1 Å². The maximum absolute atomic E-state index is 12.2. The molecule has 1 aromatic heterocycles. The number of nitrogens with one attached hydrogen (secondary N) is 2. The summed E-state index contributed by atoms with van der Waals surface area (Å²) in [5.41, 5.74) is 3.38. The molecule has 8 nitrogen and oxygen atoms in total. The highest BCUT2D eigenvalue weighted by atomic mass is 16.5. The van der Waals surface area contributed by atoms with Gasteiger partial charge in [-0.3, -0.25) is 14.5 Å². The zero-order valence-corrected chi connectivity index (χ0v) is 18.7. The Morgan fingerprint density at radius 3 is 2.69 bits per heavy atom. The number of hydrogen-bond acceptors (Lipinski definition) is 6. The number of likely N-dealkylation sites (tertiary alicyclic amines) is 1. The van der Waals surface area contributed by atoms with Gasteiger partial charge in [-0.15, -0.1) is 0 Å². The average Bonchev–Trinajstić information content (AvgIpc) is 3.55. The molecule has 3 heterocycles. The molecule has 170 valence electrons. The van der Waals surface area contributed by atoms with E-state index in [1.807, 2.05) is 32.0 Å². The summed E-state index contributed by atoms with van der Waals surface area (Å²) < 4.78 is 11.6. The molecule has 0 bridgehead atoms. The molecule has 2 aliphatic heterocycles. The van der Waals surface area contributed by atoms with Crippen LogP contribution in [0.2, 0.25) is 0 Å². The maximum atomic E-state index is 12.2. The molecule has 0 atom stereocenters. The SMILES string of the molecule is Cc1noc(C)c1-c1cc(NC(=O)C2CC2)ccc1OCCN1CCC2(CC1)CC(=O)N2. The van der Waals surface area contributed by atoms with Crippen LogP contribution in [0.4, 0.5) is 5.69 Å². The molecule has 1 spiro atoms. The number of hydrogen-bond donors (Lipinski definition) is 2. The second-order valence-electron chi connectivity index (χ2n) is 9.37. The minimum atomic E-state index is 0.0473. The molecular weight excluding hydrogens is 408 g/mol. The van der Waals surface area contributed by atoms with Crippen molar-refractivity contribution in [2.24, 2.45) is 5.92 Å². The van der Waals surface area contributed by atoms with Gasteiger partial charge in [-0.1, -0.05) is 5.16 Å². The van der Waals surface area contributed by atoms with Gasteiger partial charge in [0.05, 0.1) is 16.8 Å². The molecular formula is C24H30N4O4. The highest BCUT2D eigenvalue weighted by Gasteiger charge is 2.44. The number of piperidine rings is 1. The summed E-state index contributed by atoms with van der Waals surface area (Å²) in [4.78, 5) is 25.9. The summed E-state index contributed by atoms with van der Waals surface area (Å²) in [6.07, 6.45) is 4.60. The normalized spacial score (nSPS) is 20.0. The number of aryl methyl sites for hydroxylation is 2. The van der Waals surface area contributed by atoms with Crippen molar-refractivity contribution >= 4 is 17.5 Å². The van der Waals surface area contributed by atoms with Crippen LogP contribution in [0.15, 0.2) is 22.7 Å². The molecule has 2 aromatic rings. The summed E-state index contributed by atoms with van der Waals surface area (Å²) in [7, 11) is 0. The number of amides is 2. The van der Waals surface area contributed by atoms with Gasteiger partial charge in [-0.2, -0.15) is 0 Å². The molecule has 2 saturated heterocycles. The van der Waals surface area contributed by atoms with Gasteiger partial charge in [0.1, 0.15) is 18.1 Å². The van der Waals surface area contributed by atoms with Crippen LogP contribution in [0, 0.1) is 19.8 Å². The van der Waals surface area contributed by atoms with Gasteiger partial charge < -0.3 is 19.9 Å². The van der Waals surface area contributed by atoms with E-state index in [4.69, 9.17) is 9.26 Å². The molecule has 5 rings (SSSR count). The van der Waals surface area contributed by atoms with Crippen LogP contribution in [0.1, 0.15) is 43.6 Å². The summed E-state index contributed by atoms with van der Waals surface area (Å²) in [5.74, 6) is 1.87. The van der Waals surface area contributed by atoms with Crippen LogP contribution in [-0.4, -0.2) is 53.7 Å². The van der Waals surface area contributed by atoms with E-state index < -0.39 is 0 Å². The van der Waals surface area contributed by atoms with Crippen LogP contribution < -0.4 is 15.4 Å². The molecule has 2 N–H and O–H groups in total. The number of carbonyl (C=O) groups excluding carboxylic acids is 2. The summed E-state index contributed by atoms with van der Waals surface area (Å²) in [5, 5.41) is 10.2. The minimum Gasteiger partial charge on any atom is -0.492 e. The fourth-order valence-electron chi connectivity index (χ4n) is 4.76. The van der Waals surface area contributed by atoms with Crippen molar-refractivity contribution in [2.75, 3.05) is 31.6 Å². The largest absolute Gasteiger partial charge is 0.492 e. The molecule has 32 heavy (non-hydrogen) atoms. The highest BCUT2D eigenvalue weighted by Crippen LogP contribution is 2.38. The van der Waals surface area contributed by atoms with Gasteiger partial charge in [0.15, 0.2) is 0 Å². The molecule has 0 unspecified atom stereocenters. The fraction of sp³-hybridized carbons (Fsp3) is 0.542. The molecule has 1 saturated carbocycles. The Hall–Kier alpha value is -2.87. The predicted molar refractivity (Wildman–Crippen MR) is 119 cm³/mol. The lowest BCUT2D eigenvalue weighted by Gasteiger charge is -2.47. The smallest absolute Gasteiger partial charge is 0.227 e. The topological polar surface area (TPSA) is 96.7 Å². The standard InChI is InChI=1S/C24H30N4O4/c1-15-22(16(2)32-27-15)19-13-18(25-23(30)17-3-4-17)5-6-20(19)31-12-11-28-9-7-24(8-10-28)14-21(29)26-24/h5-6,13,17H,3-4,7-12,14H2,1-2H3,(H,25,30)(H,26,29). The average molecular weight is 439 g/mol. The van der Waals surface area contributed by atoms with Crippen LogP contribution in [0.5, 0.6) is 5.75 Å². The van der Waals surface area contributed by atoms with Crippen molar-refractivity contribution in [1.82, 2.24) is 15.4 Å². The van der Waals surface area contributed by atoms with E-state index in [0.29, 0.717) is 13.0 Å². The van der Waals surface area contributed by atoms with E-state index in [9.17, 15) is 9.59 Å². The first-order chi connectivity index (χ1) is 15.4. The number of anilines is 1. The Kier molecular flexibility index (Phi) is 5.41. The maximum Gasteiger partial charge on any atom is 0.227 e. The Labute approximate surface area is 187 Å². The number of β-lactam (4-membered cyclic amide) rings is 1. The number of aromatic nitrogens is 1. The number of rotatable bonds is 7. The van der Waals surface area contributed by atoms with Crippen LogP contribution >= 0.6 is 0 Å². The molecule has 8 heteroatoms. The van der Waals surface area contributed by atoms with Gasteiger partial charge in [0, 0.05) is 43.2 Å². The van der Waals surface area contributed by atoms with Crippen LogP contribution in [0.3, 0.4) is 0 Å². The van der Waals surface area contributed by atoms with Gasteiger partial charge in [-0.05, 0) is 57.7 Å². The second-order valence-corrected chi connectivity index (χ2v) is 9.37. The van der Waals surface area contributed by atoms with Gasteiger partial charge in [0.25, 0.3) is 0 Å². The molecule has 1 aromatic carbocycles. The Morgan fingerprint density at radius 2 is 2.06 bits per heavy atom. The van der Waals surface area contributed by atoms with E-state index in [1.54, 1.807) is 0 Å². The van der Waals surface area contributed by atoms with Gasteiger partial charge >= 0.3 is 0 Å². The molecule has 0 radical (unpaired) electrons. The highest BCUT2D eigenvalue weighted by molar-refractivity contribution is 5.95. The lowest BCUT2D eigenvalue weighted by molar-refractivity contribution is -0.134. The Morgan fingerprint density at radius 1 is 1.31 bits per heavy atom.